The molecule has 1 aromatic rings. The number of likely N-dealkylation sites (N-methyl/N-ethyl adjacent to an activating group) is 2. The van der Waals surface area contributed by atoms with Crippen molar-refractivity contribution in [2.24, 2.45) is 0 Å². The molecule has 0 aliphatic carbocycles. The zero-order valence-corrected chi connectivity index (χ0v) is 13.1. The van der Waals surface area contributed by atoms with Crippen LogP contribution in [0.25, 0.3) is 0 Å². The molecule has 2 rings (SSSR count). The number of carbonyl (C=O) groups is 1. The van der Waals surface area contributed by atoms with Crippen molar-refractivity contribution in [2.45, 2.75) is 32.7 Å². The average Bonchev–Trinajstić information content (AvgIpc) is 2.54. The van der Waals surface area contributed by atoms with E-state index in [1.807, 2.05) is 6.92 Å². The van der Waals surface area contributed by atoms with Gasteiger partial charge in [-0.1, -0.05) is 0 Å². The fourth-order valence-electron chi connectivity index (χ4n) is 2.50. The molecule has 106 valence electrons. The number of nitrogens with zero attached hydrogens (tertiary/aromatic N) is 3. The van der Waals surface area contributed by atoms with Crippen molar-refractivity contribution in [3.05, 3.63) is 15.6 Å². The minimum absolute atomic E-state index is 0.0111. The Morgan fingerprint density at radius 1 is 1.37 bits per heavy atom. The van der Waals surface area contributed by atoms with Crippen LogP contribution in [0.4, 0.5) is 0 Å². The Kier molecular flexibility index (Phi) is 4.71. The van der Waals surface area contributed by atoms with Gasteiger partial charge >= 0.3 is 0 Å². The molecular weight excluding hydrogens is 258 g/mol. The van der Waals surface area contributed by atoms with Crippen LogP contribution >= 0.6 is 11.3 Å². The molecule has 0 saturated carbocycles. The van der Waals surface area contributed by atoms with Crippen LogP contribution in [-0.2, 0) is 11.2 Å². The van der Waals surface area contributed by atoms with E-state index in [2.05, 4.69) is 35.8 Å². The zero-order valence-electron chi connectivity index (χ0n) is 12.3. The highest BCUT2D eigenvalue weighted by Crippen LogP contribution is 2.18. The standard InChI is InChI=1S/C14H23N3OS/c1-10-11(2)19-14(15-10)8-13(18)12-9-16(3)6-5-7-17(12)4/h12H,5-9H2,1-4H3. The number of hydrogen-bond donors (Lipinski definition) is 0. The first-order chi connectivity index (χ1) is 8.97. The first kappa shape index (κ1) is 14.6. The molecule has 1 unspecified atom stereocenters. The molecule has 19 heavy (non-hydrogen) atoms. The van der Waals surface area contributed by atoms with Gasteiger partial charge in [-0.25, -0.2) is 4.98 Å². The number of aromatic nitrogens is 1. The Morgan fingerprint density at radius 2 is 2.11 bits per heavy atom. The molecule has 2 heterocycles. The third-order valence-corrected chi connectivity index (χ3v) is 4.91. The van der Waals surface area contributed by atoms with E-state index in [-0.39, 0.29) is 6.04 Å². The summed E-state index contributed by atoms with van der Waals surface area (Å²) in [5.41, 5.74) is 1.05. The Labute approximate surface area is 119 Å². The van der Waals surface area contributed by atoms with E-state index in [0.29, 0.717) is 12.2 Å². The lowest BCUT2D eigenvalue weighted by atomic mass is 10.1. The molecule has 1 aliphatic heterocycles. The van der Waals surface area contributed by atoms with Crippen molar-refractivity contribution in [2.75, 3.05) is 33.7 Å². The van der Waals surface area contributed by atoms with Gasteiger partial charge in [-0.15, -0.1) is 11.3 Å². The molecule has 0 aromatic carbocycles. The summed E-state index contributed by atoms with van der Waals surface area (Å²) in [6.45, 7) is 6.97. The van der Waals surface area contributed by atoms with Gasteiger partial charge < -0.3 is 4.90 Å². The van der Waals surface area contributed by atoms with Gasteiger partial charge in [0.05, 0.1) is 18.2 Å². The molecule has 0 N–H and O–H groups in total. The van der Waals surface area contributed by atoms with E-state index in [4.69, 9.17) is 0 Å². The van der Waals surface area contributed by atoms with Gasteiger partial charge in [0.1, 0.15) is 5.01 Å². The van der Waals surface area contributed by atoms with Gasteiger partial charge in [0.15, 0.2) is 5.78 Å². The number of ketones is 1. The monoisotopic (exact) mass is 281 g/mol. The summed E-state index contributed by atoms with van der Waals surface area (Å²) in [6, 6.07) is 0.0111. The van der Waals surface area contributed by atoms with Crippen molar-refractivity contribution in [1.82, 2.24) is 14.8 Å². The SMILES string of the molecule is Cc1nc(CC(=O)C2CN(C)CCCN2C)sc1C. The lowest BCUT2D eigenvalue weighted by Gasteiger charge is -2.25. The summed E-state index contributed by atoms with van der Waals surface area (Å²) in [5, 5.41) is 0.959. The quantitative estimate of drug-likeness (QED) is 0.841. The number of rotatable bonds is 3. The van der Waals surface area contributed by atoms with Crippen LogP contribution in [0.1, 0.15) is 22.0 Å². The van der Waals surface area contributed by atoms with Gasteiger partial charge in [0, 0.05) is 11.4 Å². The maximum absolute atomic E-state index is 12.5. The smallest absolute Gasteiger partial charge is 0.158 e. The number of carbonyl (C=O) groups excluding carboxylic acids is 1. The Balaban J connectivity index is 2.05. The molecule has 1 fully saturated rings. The number of Topliss-reactive ketones (excluding diaryl/α,β-unsaturated/α-hetero) is 1. The maximum atomic E-state index is 12.5. The predicted molar refractivity (Wildman–Crippen MR) is 78.8 cm³/mol. The first-order valence-corrected chi connectivity index (χ1v) is 7.63. The van der Waals surface area contributed by atoms with Crippen LogP contribution in [0, 0.1) is 13.8 Å². The van der Waals surface area contributed by atoms with Crippen molar-refractivity contribution in [1.29, 1.82) is 0 Å². The van der Waals surface area contributed by atoms with Gasteiger partial charge in [-0.3, -0.25) is 9.69 Å². The van der Waals surface area contributed by atoms with E-state index in [1.165, 1.54) is 4.88 Å². The summed E-state index contributed by atoms with van der Waals surface area (Å²) in [5.74, 6) is 0.296. The highest BCUT2D eigenvalue weighted by atomic mass is 32.1. The molecule has 0 spiro atoms. The van der Waals surface area contributed by atoms with Gasteiger partial charge in [-0.2, -0.15) is 0 Å². The number of aryl methyl sites for hydroxylation is 2. The molecule has 0 radical (unpaired) electrons. The lowest BCUT2D eigenvalue weighted by Crippen LogP contribution is -2.44. The van der Waals surface area contributed by atoms with Crippen molar-refractivity contribution >= 4 is 17.1 Å². The van der Waals surface area contributed by atoms with E-state index >= 15 is 0 Å². The molecule has 1 aromatic heterocycles. The number of thiazole rings is 1. The van der Waals surface area contributed by atoms with Gasteiger partial charge in [0.25, 0.3) is 0 Å². The minimum atomic E-state index is 0.0111. The van der Waals surface area contributed by atoms with E-state index in [9.17, 15) is 4.79 Å². The van der Waals surface area contributed by atoms with Crippen LogP contribution < -0.4 is 0 Å². The topological polar surface area (TPSA) is 36.4 Å². The van der Waals surface area contributed by atoms with Crippen LogP contribution in [0.3, 0.4) is 0 Å². The molecule has 0 bridgehead atoms. The second-order valence-corrected chi connectivity index (χ2v) is 6.79. The summed E-state index contributed by atoms with van der Waals surface area (Å²) in [7, 11) is 4.15. The minimum Gasteiger partial charge on any atom is -0.304 e. The molecule has 0 amide bonds. The Bertz CT molecular complexity index is 438. The third kappa shape index (κ3) is 3.61. The molecule has 1 saturated heterocycles. The summed E-state index contributed by atoms with van der Waals surface area (Å²) in [6.07, 6.45) is 1.61. The van der Waals surface area contributed by atoms with E-state index < -0.39 is 0 Å². The van der Waals surface area contributed by atoms with Gasteiger partial charge in [-0.05, 0) is 47.5 Å². The molecule has 4 nitrogen and oxygen atoms in total. The second kappa shape index (κ2) is 6.11. The zero-order chi connectivity index (χ0) is 14.0. The lowest BCUT2D eigenvalue weighted by molar-refractivity contribution is -0.123. The molecular formula is C14H23N3OS. The second-order valence-electron chi connectivity index (χ2n) is 5.50. The van der Waals surface area contributed by atoms with Crippen LogP contribution in [-0.4, -0.2) is 60.3 Å². The Morgan fingerprint density at radius 3 is 2.74 bits per heavy atom. The third-order valence-electron chi connectivity index (χ3n) is 3.84. The highest BCUT2D eigenvalue weighted by Gasteiger charge is 2.27. The van der Waals surface area contributed by atoms with E-state index in [1.54, 1.807) is 11.3 Å². The Hall–Kier alpha value is -0.780. The highest BCUT2D eigenvalue weighted by molar-refractivity contribution is 7.11. The van der Waals surface area contributed by atoms with Crippen LogP contribution in [0.2, 0.25) is 0 Å². The van der Waals surface area contributed by atoms with Crippen LogP contribution in [0.5, 0.6) is 0 Å². The summed E-state index contributed by atoms with van der Waals surface area (Å²) in [4.78, 5) is 22.6. The fraction of sp³-hybridized carbons (Fsp3) is 0.714. The fourth-order valence-corrected chi connectivity index (χ4v) is 3.44. The molecule has 5 heteroatoms. The molecule has 1 atom stereocenters. The summed E-state index contributed by atoms with van der Waals surface area (Å²) < 4.78 is 0. The average molecular weight is 281 g/mol. The van der Waals surface area contributed by atoms with Gasteiger partial charge in [0.2, 0.25) is 0 Å². The van der Waals surface area contributed by atoms with E-state index in [0.717, 1.165) is 36.8 Å². The maximum Gasteiger partial charge on any atom is 0.158 e. The first-order valence-electron chi connectivity index (χ1n) is 6.81. The molecule has 1 aliphatic rings. The normalized spacial score (nSPS) is 22.4. The van der Waals surface area contributed by atoms with Crippen molar-refractivity contribution < 1.29 is 4.79 Å². The van der Waals surface area contributed by atoms with Crippen molar-refractivity contribution in [3.63, 3.8) is 0 Å². The van der Waals surface area contributed by atoms with Crippen LogP contribution in [0.15, 0.2) is 0 Å². The van der Waals surface area contributed by atoms with Crippen molar-refractivity contribution in [3.8, 4) is 0 Å². The summed E-state index contributed by atoms with van der Waals surface area (Å²) >= 11 is 1.65. The largest absolute Gasteiger partial charge is 0.304 e. The number of hydrogen-bond acceptors (Lipinski definition) is 5. The predicted octanol–water partition coefficient (Wildman–Crippen LogP) is 1.51.